The molecule has 0 aliphatic carbocycles. The van der Waals surface area contributed by atoms with Crippen molar-refractivity contribution in [2.24, 2.45) is 5.92 Å². The van der Waals surface area contributed by atoms with Crippen LogP contribution in [-0.2, 0) is 0 Å². The largest absolute Gasteiger partial charge is 0.481 e. The minimum absolute atomic E-state index is 0.0175. The third-order valence-electron chi connectivity index (χ3n) is 3.36. The fourth-order valence-electron chi connectivity index (χ4n) is 2.01. The van der Waals surface area contributed by atoms with Gasteiger partial charge in [-0.1, -0.05) is 33.1 Å². The quantitative estimate of drug-likeness (QED) is 0.552. The van der Waals surface area contributed by atoms with Crippen molar-refractivity contribution in [1.29, 1.82) is 0 Å². The summed E-state index contributed by atoms with van der Waals surface area (Å²) in [5.41, 5.74) is -0.0175. The van der Waals surface area contributed by atoms with Gasteiger partial charge in [-0.15, -0.1) is 0 Å². The molecule has 0 radical (unpaired) electrons. The Hall–Kier alpha value is -1.85. The maximum atomic E-state index is 11.0. The van der Waals surface area contributed by atoms with E-state index in [1.54, 1.807) is 0 Å². The fourth-order valence-corrected chi connectivity index (χ4v) is 2.01. The molecule has 0 saturated heterocycles. The van der Waals surface area contributed by atoms with Gasteiger partial charge in [-0.25, -0.2) is 0 Å². The Morgan fingerprint density at radius 2 is 2.20 bits per heavy atom. The van der Waals surface area contributed by atoms with Crippen molar-refractivity contribution in [2.45, 2.75) is 39.5 Å². The van der Waals surface area contributed by atoms with E-state index in [1.807, 2.05) is 0 Å². The number of pyridine rings is 1. The SMILES string of the molecule is CCCCC(CC)CNc1nc(OC)ccc1[N+](=O)[O-]. The van der Waals surface area contributed by atoms with Gasteiger partial charge in [0.05, 0.1) is 12.0 Å². The van der Waals surface area contributed by atoms with Crippen LogP contribution in [0.15, 0.2) is 12.1 Å². The highest BCUT2D eigenvalue weighted by molar-refractivity contribution is 5.57. The molecule has 0 spiro atoms. The van der Waals surface area contributed by atoms with Crippen LogP contribution in [0.1, 0.15) is 39.5 Å². The van der Waals surface area contributed by atoms with Crippen molar-refractivity contribution in [2.75, 3.05) is 19.0 Å². The Morgan fingerprint density at radius 1 is 1.45 bits per heavy atom. The second kappa shape index (κ2) is 8.35. The van der Waals surface area contributed by atoms with Crippen LogP contribution < -0.4 is 10.1 Å². The lowest BCUT2D eigenvalue weighted by atomic mass is 9.99. The summed E-state index contributed by atoms with van der Waals surface area (Å²) in [7, 11) is 1.49. The highest BCUT2D eigenvalue weighted by Crippen LogP contribution is 2.25. The van der Waals surface area contributed by atoms with Gasteiger partial charge in [0.25, 0.3) is 0 Å². The Morgan fingerprint density at radius 3 is 2.75 bits per heavy atom. The first kappa shape index (κ1) is 16.2. The summed E-state index contributed by atoms with van der Waals surface area (Å²) in [4.78, 5) is 14.7. The van der Waals surface area contributed by atoms with Gasteiger partial charge in [0, 0.05) is 18.7 Å². The number of nitrogens with one attached hydrogen (secondary N) is 1. The predicted molar refractivity (Wildman–Crippen MR) is 79.2 cm³/mol. The van der Waals surface area contributed by atoms with Crippen molar-refractivity contribution in [3.63, 3.8) is 0 Å². The topological polar surface area (TPSA) is 77.3 Å². The maximum absolute atomic E-state index is 11.0. The summed E-state index contributed by atoms with van der Waals surface area (Å²) >= 11 is 0. The molecule has 1 aromatic rings. The minimum Gasteiger partial charge on any atom is -0.481 e. The number of anilines is 1. The number of unbranched alkanes of at least 4 members (excludes halogenated alkanes) is 1. The second-order valence-corrected chi connectivity index (χ2v) is 4.78. The zero-order valence-corrected chi connectivity index (χ0v) is 12.4. The lowest BCUT2D eigenvalue weighted by Gasteiger charge is -2.15. The van der Waals surface area contributed by atoms with Gasteiger partial charge in [-0.2, -0.15) is 4.98 Å². The van der Waals surface area contributed by atoms with Gasteiger partial charge in [0.1, 0.15) is 0 Å². The van der Waals surface area contributed by atoms with Gasteiger partial charge < -0.3 is 10.1 Å². The Bertz CT molecular complexity index is 438. The summed E-state index contributed by atoms with van der Waals surface area (Å²) < 4.78 is 5.01. The number of aromatic nitrogens is 1. The molecular formula is C14H23N3O3. The molecule has 6 nitrogen and oxygen atoms in total. The number of rotatable bonds is 9. The monoisotopic (exact) mass is 281 g/mol. The van der Waals surface area contributed by atoms with Crippen LogP contribution in [0.4, 0.5) is 11.5 Å². The molecule has 112 valence electrons. The Kier molecular flexibility index (Phi) is 6.76. The maximum Gasteiger partial charge on any atom is 0.311 e. The van der Waals surface area contributed by atoms with Gasteiger partial charge >= 0.3 is 5.69 Å². The number of methoxy groups -OCH3 is 1. The van der Waals surface area contributed by atoms with Crippen LogP contribution in [0.5, 0.6) is 5.88 Å². The first-order valence-corrected chi connectivity index (χ1v) is 7.05. The number of nitro groups is 1. The Labute approximate surface area is 119 Å². The highest BCUT2D eigenvalue weighted by Gasteiger charge is 2.17. The van der Waals surface area contributed by atoms with E-state index in [0.29, 0.717) is 18.3 Å². The molecule has 0 fully saturated rings. The molecule has 1 rings (SSSR count). The fraction of sp³-hybridized carbons (Fsp3) is 0.643. The van der Waals surface area contributed by atoms with Crippen LogP contribution in [0.2, 0.25) is 0 Å². The molecule has 1 aromatic heterocycles. The van der Waals surface area contributed by atoms with Crippen LogP contribution in [0.25, 0.3) is 0 Å². The molecule has 20 heavy (non-hydrogen) atoms. The van der Waals surface area contributed by atoms with E-state index >= 15 is 0 Å². The molecule has 1 heterocycles. The summed E-state index contributed by atoms with van der Waals surface area (Å²) in [6.07, 6.45) is 4.50. The molecule has 0 aliphatic heterocycles. The summed E-state index contributed by atoms with van der Waals surface area (Å²) in [5.74, 6) is 1.16. The lowest BCUT2D eigenvalue weighted by Crippen LogP contribution is -2.15. The van der Waals surface area contributed by atoms with Crippen molar-refractivity contribution in [3.8, 4) is 5.88 Å². The average Bonchev–Trinajstić information content (AvgIpc) is 2.47. The number of nitrogens with zero attached hydrogens (tertiary/aromatic N) is 2. The molecule has 0 bridgehead atoms. The minimum atomic E-state index is -0.429. The van der Waals surface area contributed by atoms with Crippen molar-refractivity contribution < 1.29 is 9.66 Å². The van der Waals surface area contributed by atoms with Gasteiger partial charge in [0.2, 0.25) is 11.7 Å². The molecule has 1 unspecified atom stereocenters. The van der Waals surface area contributed by atoms with E-state index in [9.17, 15) is 10.1 Å². The molecule has 6 heteroatoms. The zero-order chi connectivity index (χ0) is 15.0. The standard InChI is InChI=1S/C14H23N3O3/c1-4-6-7-11(5-2)10-15-14-12(17(18)19)8-9-13(16-14)20-3/h8-9,11H,4-7,10H2,1-3H3,(H,15,16). The average molecular weight is 281 g/mol. The van der Waals surface area contributed by atoms with Crippen molar-refractivity contribution in [1.82, 2.24) is 4.98 Å². The predicted octanol–water partition coefficient (Wildman–Crippen LogP) is 3.63. The van der Waals surface area contributed by atoms with Crippen LogP contribution in [0.3, 0.4) is 0 Å². The van der Waals surface area contributed by atoms with Crippen molar-refractivity contribution >= 4 is 11.5 Å². The van der Waals surface area contributed by atoms with E-state index in [4.69, 9.17) is 4.74 Å². The first-order valence-electron chi connectivity index (χ1n) is 7.05. The number of hydrogen-bond acceptors (Lipinski definition) is 5. The third-order valence-corrected chi connectivity index (χ3v) is 3.36. The number of ether oxygens (including phenoxy) is 1. The molecule has 1 N–H and O–H groups in total. The van der Waals surface area contributed by atoms with Crippen LogP contribution in [0, 0.1) is 16.0 Å². The zero-order valence-electron chi connectivity index (χ0n) is 12.4. The van der Waals surface area contributed by atoms with E-state index < -0.39 is 4.92 Å². The number of hydrogen-bond donors (Lipinski definition) is 1. The second-order valence-electron chi connectivity index (χ2n) is 4.78. The molecule has 1 atom stereocenters. The normalized spacial score (nSPS) is 11.9. The third kappa shape index (κ3) is 4.68. The summed E-state index contributed by atoms with van der Waals surface area (Å²) in [6.45, 7) is 4.99. The van der Waals surface area contributed by atoms with Crippen LogP contribution >= 0.6 is 0 Å². The van der Waals surface area contributed by atoms with E-state index in [1.165, 1.54) is 25.7 Å². The van der Waals surface area contributed by atoms with E-state index in [0.717, 1.165) is 19.3 Å². The van der Waals surface area contributed by atoms with Crippen molar-refractivity contribution in [3.05, 3.63) is 22.2 Å². The highest BCUT2D eigenvalue weighted by atomic mass is 16.6. The Balaban J connectivity index is 2.76. The molecular weight excluding hydrogens is 258 g/mol. The van der Waals surface area contributed by atoms with Crippen LogP contribution in [-0.4, -0.2) is 23.6 Å². The van der Waals surface area contributed by atoms with Gasteiger partial charge in [-0.3, -0.25) is 10.1 Å². The lowest BCUT2D eigenvalue weighted by molar-refractivity contribution is -0.384. The smallest absolute Gasteiger partial charge is 0.311 e. The summed E-state index contributed by atoms with van der Waals surface area (Å²) in [6, 6.07) is 2.92. The van der Waals surface area contributed by atoms with E-state index in [-0.39, 0.29) is 11.5 Å². The molecule has 0 amide bonds. The first-order chi connectivity index (χ1) is 9.62. The van der Waals surface area contributed by atoms with Gasteiger partial charge in [0.15, 0.2) is 0 Å². The molecule has 0 aliphatic rings. The van der Waals surface area contributed by atoms with E-state index in [2.05, 4.69) is 24.1 Å². The molecule has 0 saturated carbocycles. The summed E-state index contributed by atoms with van der Waals surface area (Å²) in [5, 5.41) is 14.1. The van der Waals surface area contributed by atoms with Gasteiger partial charge in [-0.05, 0) is 12.3 Å². The molecule has 0 aromatic carbocycles.